The summed E-state index contributed by atoms with van der Waals surface area (Å²) in [6.45, 7) is 5.16. The number of hydrogen-bond acceptors (Lipinski definition) is 3. The van der Waals surface area contributed by atoms with Crippen molar-refractivity contribution in [2.24, 2.45) is 16.1 Å². The molecule has 0 aliphatic carbocycles. The summed E-state index contributed by atoms with van der Waals surface area (Å²) in [5, 5.41) is 3.05. The zero-order valence-electron chi connectivity index (χ0n) is 5.89. The molecule has 1 unspecified atom stereocenters. The standard InChI is InChI=1S/C6H13N3/c1-6(2)3-8-5(7)9-4-6/h3,5,9H,4,7H2,1-2H3. The molecule has 0 radical (unpaired) electrons. The highest BCUT2D eigenvalue weighted by atomic mass is 15.2. The van der Waals surface area contributed by atoms with Crippen LogP contribution in [0, 0.1) is 5.41 Å². The molecular formula is C6H13N3. The number of hydrogen-bond donors (Lipinski definition) is 2. The van der Waals surface area contributed by atoms with Crippen LogP contribution in [0.25, 0.3) is 0 Å². The Morgan fingerprint density at radius 1 is 1.78 bits per heavy atom. The van der Waals surface area contributed by atoms with E-state index in [4.69, 9.17) is 5.73 Å². The highest BCUT2D eigenvalue weighted by Gasteiger charge is 2.19. The number of rotatable bonds is 0. The fraction of sp³-hybridized carbons (Fsp3) is 0.833. The van der Waals surface area contributed by atoms with Crippen molar-refractivity contribution >= 4 is 6.21 Å². The maximum Gasteiger partial charge on any atom is 0.150 e. The number of nitrogens with zero attached hydrogens (tertiary/aromatic N) is 1. The Labute approximate surface area is 55.3 Å². The minimum Gasteiger partial charge on any atom is -0.297 e. The summed E-state index contributed by atoms with van der Waals surface area (Å²) in [6.07, 6.45) is 1.73. The van der Waals surface area contributed by atoms with Crippen LogP contribution in [0.5, 0.6) is 0 Å². The van der Waals surface area contributed by atoms with Gasteiger partial charge in [-0.1, -0.05) is 13.8 Å². The van der Waals surface area contributed by atoms with Gasteiger partial charge in [0.2, 0.25) is 0 Å². The van der Waals surface area contributed by atoms with Crippen molar-refractivity contribution in [1.82, 2.24) is 5.32 Å². The van der Waals surface area contributed by atoms with Gasteiger partial charge in [0, 0.05) is 18.2 Å². The highest BCUT2D eigenvalue weighted by Crippen LogP contribution is 2.12. The van der Waals surface area contributed by atoms with Crippen LogP contribution in [-0.2, 0) is 0 Å². The van der Waals surface area contributed by atoms with Crippen molar-refractivity contribution in [2.45, 2.75) is 20.1 Å². The van der Waals surface area contributed by atoms with Crippen molar-refractivity contribution in [1.29, 1.82) is 0 Å². The summed E-state index contributed by atoms with van der Waals surface area (Å²) in [5.74, 6) is 0. The fourth-order valence-electron chi connectivity index (χ4n) is 0.748. The van der Waals surface area contributed by atoms with Gasteiger partial charge in [-0.2, -0.15) is 0 Å². The van der Waals surface area contributed by atoms with Crippen molar-refractivity contribution in [3.8, 4) is 0 Å². The van der Waals surface area contributed by atoms with E-state index in [2.05, 4.69) is 24.2 Å². The molecule has 3 heteroatoms. The normalized spacial score (nSPS) is 32.6. The second kappa shape index (κ2) is 2.08. The van der Waals surface area contributed by atoms with Crippen LogP contribution in [0.3, 0.4) is 0 Å². The Bertz CT molecular complexity index is 128. The highest BCUT2D eigenvalue weighted by molar-refractivity contribution is 5.65. The minimum atomic E-state index is -0.182. The lowest BCUT2D eigenvalue weighted by Gasteiger charge is -2.26. The third-order valence-electron chi connectivity index (χ3n) is 1.35. The average molecular weight is 127 g/mol. The first-order valence-corrected chi connectivity index (χ1v) is 3.13. The lowest BCUT2D eigenvalue weighted by atomic mass is 9.94. The van der Waals surface area contributed by atoms with Gasteiger partial charge < -0.3 is 0 Å². The van der Waals surface area contributed by atoms with Crippen molar-refractivity contribution in [3.63, 3.8) is 0 Å². The van der Waals surface area contributed by atoms with E-state index >= 15 is 0 Å². The predicted molar refractivity (Wildman–Crippen MR) is 38.3 cm³/mol. The molecule has 0 spiro atoms. The van der Waals surface area contributed by atoms with E-state index in [1.165, 1.54) is 0 Å². The van der Waals surface area contributed by atoms with Crippen molar-refractivity contribution in [3.05, 3.63) is 0 Å². The van der Waals surface area contributed by atoms with Gasteiger partial charge in [-0.05, 0) is 0 Å². The second-order valence-corrected chi connectivity index (χ2v) is 3.09. The van der Waals surface area contributed by atoms with Crippen LogP contribution >= 0.6 is 0 Å². The van der Waals surface area contributed by atoms with E-state index in [0.717, 1.165) is 6.54 Å². The molecule has 0 amide bonds. The van der Waals surface area contributed by atoms with Crippen molar-refractivity contribution < 1.29 is 0 Å². The predicted octanol–water partition coefficient (Wildman–Crippen LogP) is -0.0711. The first-order valence-electron chi connectivity index (χ1n) is 3.13. The summed E-state index contributed by atoms with van der Waals surface area (Å²) in [7, 11) is 0. The monoisotopic (exact) mass is 127 g/mol. The first kappa shape index (κ1) is 6.71. The number of aliphatic imine (C=N–C) groups is 1. The lowest BCUT2D eigenvalue weighted by Crippen LogP contribution is -2.46. The van der Waals surface area contributed by atoms with Gasteiger partial charge in [-0.25, -0.2) is 0 Å². The molecule has 0 aromatic carbocycles. The zero-order chi connectivity index (χ0) is 6.91. The Morgan fingerprint density at radius 2 is 2.44 bits per heavy atom. The summed E-state index contributed by atoms with van der Waals surface area (Å²) < 4.78 is 0. The van der Waals surface area contributed by atoms with E-state index in [1.54, 1.807) is 0 Å². The van der Waals surface area contributed by atoms with Gasteiger partial charge in [-0.15, -0.1) is 0 Å². The minimum absolute atomic E-state index is 0.176. The van der Waals surface area contributed by atoms with Crippen LogP contribution in [0.2, 0.25) is 0 Å². The molecule has 1 aliphatic heterocycles. The molecule has 1 heterocycles. The van der Waals surface area contributed by atoms with Crippen LogP contribution in [0.4, 0.5) is 0 Å². The molecule has 3 nitrogen and oxygen atoms in total. The third-order valence-corrected chi connectivity index (χ3v) is 1.35. The van der Waals surface area contributed by atoms with E-state index in [1.807, 2.05) is 6.21 Å². The van der Waals surface area contributed by atoms with Gasteiger partial charge in [0.1, 0.15) is 0 Å². The summed E-state index contributed by atoms with van der Waals surface area (Å²) in [6, 6.07) is 0. The van der Waals surface area contributed by atoms with Crippen LogP contribution in [0.1, 0.15) is 13.8 Å². The third kappa shape index (κ3) is 1.77. The fourth-order valence-corrected chi connectivity index (χ4v) is 0.748. The SMILES string of the molecule is CC1(C)C=NC(N)NC1. The molecule has 0 saturated heterocycles. The van der Waals surface area contributed by atoms with Gasteiger partial charge in [0.15, 0.2) is 6.29 Å². The topological polar surface area (TPSA) is 50.4 Å². The van der Waals surface area contributed by atoms with E-state index in [-0.39, 0.29) is 11.7 Å². The Balaban J connectivity index is 2.58. The molecule has 1 atom stereocenters. The van der Waals surface area contributed by atoms with Gasteiger partial charge in [0.05, 0.1) is 0 Å². The maximum atomic E-state index is 5.45. The molecule has 0 aromatic heterocycles. The van der Waals surface area contributed by atoms with Crippen molar-refractivity contribution in [2.75, 3.05) is 6.54 Å². The Hall–Kier alpha value is -0.410. The number of nitrogens with two attached hydrogens (primary N) is 1. The molecular weight excluding hydrogens is 114 g/mol. The van der Waals surface area contributed by atoms with E-state index in [9.17, 15) is 0 Å². The van der Waals surface area contributed by atoms with Gasteiger partial charge in [-0.3, -0.25) is 16.0 Å². The van der Waals surface area contributed by atoms with E-state index in [0.29, 0.717) is 0 Å². The molecule has 0 aromatic rings. The van der Waals surface area contributed by atoms with Gasteiger partial charge >= 0.3 is 0 Å². The smallest absolute Gasteiger partial charge is 0.150 e. The lowest BCUT2D eigenvalue weighted by molar-refractivity contribution is 0.401. The van der Waals surface area contributed by atoms with Crippen LogP contribution < -0.4 is 11.1 Å². The summed E-state index contributed by atoms with van der Waals surface area (Å²) in [4.78, 5) is 4.02. The molecule has 52 valence electrons. The quantitative estimate of drug-likeness (QED) is 0.478. The molecule has 1 aliphatic rings. The zero-order valence-corrected chi connectivity index (χ0v) is 5.89. The maximum absolute atomic E-state index is 5.45. The van der Waals surface area contributed by atoms with E-state index < -0.39 is 0 Å². The number of nitrogens with one attached hydrogen (secondary N) is 1. The average Bonchev–Trinajstić information content (AvgIpc) is 1.78. The van der Waals surface area contributed by atoms with Gasteiger partial charge in [0.25, 0.3) is 0 Å². The van der Waals surface area contributed by atoms with Crippen LogP contribution in [0.15, 0.2) is 4.99 Å². The molecule has 9 heavy (non-hydrogen) atoms. The second-order valence-electron chi connectivity index (χ2n) is 3.09. The Morgan fingerprint density at radius 3 is 2.78 bits per heavy atom. The molecule has 3 N–H and O–H groups in total. The summed E-state index contributed by atoms with van der Waals surface area (Å²) >= 11 is 0. The first-order chi connectivity index (χ1) is 4.10. The Kier molecular flexibility index (Phi) is 1.55. The summed E-state index contributed by atoms with van der Waals surface area (Å²) in [5.41, 5.74) is 5.62. The molecule has 0 saturated carbocycles. The van der Waals surface area contributed by atoms with Crippen LogP contribution in [-0.4, -0.2) is 19.0 Å². The molecule has 1 rings (SSSR count). The molecule has 0 fully saturated rings. The molecule has 0 bridgehead atoms. The largest absolute Gasteiger partial charge is 0.297 e.